The molecule has 0 fully saturated rings. The third kappa shape index (κ3) is 9.04. The van der Waals surface area contributed by atoms with Crippen LogP contribution in [0.25, 0.3) is 43.9 Å². The number of fused-ring (bicyclic) bond motifs is 6. The molecule has 12 heteroatoms. The Kier molecular flexibility index (Phi) is 12.5. The van der Waals surface area contributed by atoms with Gasteiger partial charge in [-0.1, -0.05) is 83.1 Å². The molecule has 0 aliphatic heterocycles. The van der Waals surface area contributed by atoms with Crippen molar-refractivity contribution in [1.82, 2.24) is 0 Å². The predicted molar refractivity (Wildman–Crippen MR) is 252 cm³/mol. The zero-order chi connectivity index (χ0) is 44.3. The van der Waals surface area contributed by atoms with Crippen LogP contribution in [0.4, 0.5) is 0 Å². The van der Waals surface area contributed by atoms with Gasteiger partial charge < -0.3 is 35.7 Å². The van der Waals surface area contributed by atoms with Crippen molar-refractivity contribution in [1.29, 1.82) is 0 Å². The lowest BCUT2D eigenvalue weighted by Gasteiger charge is -2.22. The Bertz CT molecular complexity index is 2290. The SMILES string of the molecule is COc1cc(C(C)(C)C)c2op(N(C)CCN(C)p3oc4c(C(C)(C)C)cc(OC)cc4c4cc(OC)cc(C(C)(C)C)c4o3)oc3c(C(C)(C)C)cc(OC)cc3c2c1. The fraction of sp³-hybridized carbons (Fsp3) is 0.500. The molecule has 0 radical (unpaired) electrons. The molecule has 0 N–H and O–H groups in total. The highest BCUT2D eigenvalue weighted by Crippen LogP contribution is 2.48. The zero-order valence-corrected chi connectivity index (χ0v) is 40.9. The van der Waals surface area contributed by atoms with Crippen LogP contribution in [0.2, 0.25) is 0 Å². The molecule has 0 bridgehead atoms. The summed E-state index contributed by atoms with van der Waals surface area (Å²) in [6.45, 7) is 27.5. The van der Waals surface area contributed by atoms with Crippen molar-refractivity contribution in [3.05, 3.63) is 70.8 Å². The van der Waals surface area contributed by atoms with Crippen molar-refractivity contribution >= 4 is 60.2 Å². The Balaban J connectivity index is 1.58. The number of hydrogen-bond donors (Lipinski definition) is 0. The zero-order valence-electron chi connectivity index (χ0n) is 39.1. The summed E-state index contributed by atoms with van der Waals surface area (Å²) in [5.74, 6) is 3.02. The van der Waals surface area contributed by atoms with E-state index in [0.29, 0.717) is 13.1 Å². The van der Waals surface area contributed by atoms with E-state index in [4.69, 9.17) is 35.7 Å². The van der Waals surface area contributed by atoms with E-state index in [1.54, 1.807) is 28.4 Å². The van der Waals surface area contributed by atoms with Crippen LogP contribution >= 0.6 is 16.3 Å². The lowest BCUT2D eigenvalue weighted by Crippen LogP contribution is -2.27. The van der Waals surface area contributed by atoms with E-state index in [0.717, 1.165) is 89.1 Å². The third-order valence-corrected chi connectivity index (χ3v) is 13.9. The molecule has 6 aromatic rings. The van der Waals surface area contributed by atoms with Gasteiger partial charge in [-0.05, 0) is 70.2 Å². The second-order valence-electron chi connectivity index (χ2n) is 19.8. The number of ether oxygens (including phenoxy) is 4. The van der Waals surface area contributed by atoms with E-state index >= 15 is 0 Å². The smallest absolute Gasteiger partial charge is 0.309 e. The maximum absolute atomic E-state index is 7.11. The second-order valence-corrected chi connectivity index (χ2v) is 22.9. The van der Waals surface area contributed by atoms with Crippen molar-refractivity contribution in [2.45, 2.75) is 105 Å². The molecule has 0 atom stereocenters. The second kappa shape index (κ2) is 16.6. The molecule has 2 aromatic heterocycles. The van der Waals surface area contributed by atoms with Crippen LogP contribution in [0.5, 0.6) is 23.0 Å². The van der Waals surface area contributed by atoms with Gasteiger partial charge in [-0.3, -0.25) is 0 Å². The minimum Gasteiger partial charge on any atom is -0.497 e. The van der Waals surface area contributed by atoms with Gasteiger partial charge >= 0.3 is 16.3 Å². The summed E-state index contributed by atoms with van der Waals surface area (Å²) in [4.78, 5) is 0. The van der Waals surface area contributed by atoms with Gasteiger partial charge in [0.15, 0.2) is 0 Å². The molecule has 60 heavy (non-hydrogen) atoms. The number of benzene rings is 4. The fourth-order valence-electron chi connectivity index (χ4n) is 7.38. The maximum atomic E-state index is 7.11. The topological polar surface area (TPSA) is 96.0 Å². The van der Waals surface area contributed by atoms with Crippen LogP contribution in [0, 0.1) is 0 Å². The van der Waals surface area contributed by atoms with Crippen molar-refractivity contribution < 1.29 is 35.7 Å². The largest absolute Gasteiger partial charge is 0.497 e. The summed E-state index contributed by atoms with van der Waals surface area (Å²) in [5, 5.41) is 3.64. The van der Waals surface area contributed by atoms with E-state index in [1.165, 1.54) is 0 Å². The maximum Gasteiger partial charge on any atom is 0.309 e. The first kappa shape index (κ1) is 45.3. The van der Waals surface area contributed by atoms with Crippen LogP contribution in [-0.2, 0) is 21.7 Å². The number of hydrogen-bond acceptors (Lipinski definition) is 10. The molecule has 326 valence electrons. The van der Waals surface area contributed by atoms with Crippen LogP contribution in [0.15, 0.2) is 65.3 Å². The average Bonchev–Trinajstić information content (AvgIpc) is 3.44. The minimum atomic E-state index is -1.65. The quantitative estimate of drug-likeness (QED) is 0.140. The Morgan fingerprint density at radius 2 is 0.583 bits per heavy atom. The monoisotopic (exact) mass is 860 g/mol. The number of rotatable bonds is 9. The molecule has 4 aromatic carbocycles. The van der Waals surface area contributed by atoms with Crippen LogP contribution in [-0.4, -0.2) is 55.6 Å². The van der Waals surface area contributed by atoms with E-state index < -0.39 is 16.3 Å². The molecular weight excluding hydrogens is 794 g/mol. The highest BCUT2D eigenvalue weighted by atomic mass is 31.1. The molecule has 0 unspecified atom stereocenters. The van der Waals surface area contributed by atoms with E-state index in [2.05, 4.69) is 131 Å². The summed E-state index contributed by atoms with van der Waals surface area (Å²) in [7, 11) is 7.62. The van der Waals surface area contributed by atoms with Gasteiger partial charge in [0.2, 0.25) is 0 Å². The van der Waals surface area contributed by atoms with Gasteiger partial charge in [-0.15, -0.1) is 0 Å². The van der Waals surface area contributed by atoms with Gasteiger partial charge in [0.1, 0.15) is 45.3 Å². The standard InChI is InChI=1S/C48H66N2O8P2/c1-45(2,3)37-25-29(51-15)21-33-34-22-30(52-16)26-38(46(4,5)6)42(34)56-59(55-41(33)37)49(13)19-20-50(14)60-57-43-35(23-31(53-17)27-39(43)47(7,8)9)36-24-32(54-18)28-40(44(36)58-60)48(10,11)12/h21-28H,19-20H2,1-18H3. The van der Waals surface area contributed by atoms with Crippen molar-refractivity contribution in [3.8, 4) is 23.0 Å². The van der Waals surface area contributed by atoms with E-state index in [1.807, 2.05) is 24.3 Å². The first-order valence-electron chi connectivity index (χ1n) is 20.5. The predicted octanol–water partition coefficient (Wildman–Crippen LogP) is 14.0. The molecule has 0 amide bonds. The van der Waals surface area contributed by atoms with E-state index in [9.17, 15) is 0 Å². The Hall–Kier alpha value is -4.20. The van der Waals surface area contributed by atoms with Gasteiger partial charge in [-0.2, -0.15) is 0 Å². The lowest BCUT2D eigenvalue weighted by molar-refractivity contribution is 0.413. The molecule has 6 rings (SSSR count). The molecule has 0 aliphatic carbocycles. The lowest BCUT2D eigenvalue weighted by atomic mass is 9.84. The van der Waals surface area contributed by atoms with Crippen LogP contribution in [0.3, 0.4) is 0 Å². The van der Waals surface area contributed by atoms with E-state index in [-0.39, 0.29) is 21.7 Å². The summed E-state index contributed by atoms with van der Waals surface area (Å²) >= 11 is 0. The van der Waals surface area contributed by atoms with Gasteiger partial charge in [0, 0.05) is 71.0 Å². The fourth-order valence-corrected chi connectivity index (χ4v) is 9.93. The first-order valence-corrected chi connectivity index (χ1v) is 22.8. The number of methoxy groups -OCH3 is 4. The first-order chi connectivity index (χ1) is 27.9. The summed E-state index contributed by atoms with van der Waals surface area (Å²) in [6, 6.07) is 16.5. The molecule has 0 saturated carbocycles. The molecule has 0 aliphatic rings. The Labute approximate surface area is 358 Å². The molecular formula is C48H66N2O8P2. The molecule has 10 nitrogen and oxygen atoms in total. The van der Waals surface area contributed by atoms with Crippen LogP contribution < -0.4 is 28.3 Å². The minimum absolute atomic E-state index is 0.260. The normalized spacial score (nSPS) is 12.9. The average molecular weight is 861 g/mol. The summed E-state index contributed by atoms with van der Waals surface area (Å²) in [5.41, 5.74) is 6.22. The third-order valence-electron chi connectivity index (χ3n) is 11.0. The summed E-state index contributed by atoms with van der Waals surface area (Å²) in [6.07, 6.45) is 0. The highest BCUT2D eigenvalue weighted by Gasteiger charge is 2.29. The highest BCUT2D eigenvalue weighted by molar-refractivity contribution is 7.39. The summed E-state index contributed by atoms with van der Waals surface area (Å²) < 4.78 is 56.3. The van der Waals surface area contributed by atoms with Crippen LogP contribution in [0.1, 0.15) is 105 Å². The van der Waals surface area contributed by atoms with Gasteiger partial charge in [-0.25, -0.2) is 9.34 Å². The van der Waals surface area contributed by atoms with Crippen molar-refractivity contribution in [2.75, 3.05) is 65.0 Å². The van der Waals surface area contributed by atoms with Crippen molar-refractivity contribution in [2.24, 2.45) is 0 Å². The Morgan fingerprint density at radius 3 is 0.750 bits per heavy atom. The molecule has 0 saturated heterocycles. The number of likely N-dealkylation sites (N-methyl/N-ethyl adjacent to an activating group) is 2. The number of nitrogens with zero attached hydrogens (tertiary/aromatic N) is 2. The van der Waals surface area contributed by atoms with Gasteiger partial charge in [0.25, 0.3) is 0 Å². The van der Waals surface area contributed by atoms with Gasteiger partial charge in [0.05, 0.1) is 28.4 Å². The molecule has 2 heterocycles. The van der Waals surface area contributed by atoms with Crippen molar-refractivity contribution in [3.63, 3.8) is 0 Å². The molecule has 0 spiro atoms. The Morgan fingerprint density at radius 1 is 0.383 bits per heavy atom.